The molecule has 124 valence electrons. The lowest BCUT2D eigenvalue weighted by Crippen LogP contribution is -2.35. The van der Waals surface area contributed by atoms with Crippen molar-refractivity contribution in [2.75, 3.05) is 28.7 Å². The van der Waals surface area contributed by atoms with E-state index in [1.165, 1.54) is 5.56 Å². The second-order valence-corrected chi connectivity index (χ2v) is 7.00. The van der Waals surface area contributed by atoms with Gasteiger partial charge in [0.15, 0.2) is 0 Å². The zero-order chi connectivity index (χ0) is 17.1. The third-order valence-corrected chi connectivity index (χ3v) is 5.26. The molecule has 0 bridgehead atoms. The molecule has 1 aromatic heterocycles. The Morgan fingerprint density at radius 3 is 2.58 bits per heavy atom. The number of likely N-dealkylation sites (N-methyl/N-ethyl adjacent to an activating group) is 1. The Morgan fingerprint density at radius 1 is 1.21 bits per heavy atom. The van der Waals surface area contributed by atoms with Crippen molar-refractivity contribution < 1.29 is 4.79 Å². The molecule has 24 heavy (non-hydrogen) atoms. The SMILES string of the molecule is CCN1C(=O)C(C)(C)c2cc3c(cc21)N(C)C(c1ccncc1)N3. The average Bonchev–Trinajstić information content (AvgIpc) is 3.00. The molecule has 0 radical (unpaired) electrons. The van der Waals surface area contributed by atoms with E-state index in [9.17, 15) is 4.79 Å². The third kappa shape index (κ3) is 1.87. The zero-order valence-electron chi connectivity index (χ0n) is 14.5. The first-order chi connectivity index (χ1) is 11.4. The number of nitrogens with one attached hydrogen (secondary N) is 1. The molecule has 1 amide bonds. The minimum Gasteiger partial charge on any atom is -0.360 e. The number of aromatic nitrogens is 1. The first-order valence-electron chi connectivity index (χ1n) is 8.35. The van der Waals surface area contributed by atoms with Gasteiger partial charge in [-0.25, -0.2) is 0 Å². The van der Waals surface area contributed by atoms with Gasteiger partial charge in [0.2, 0.25) is 5.91 Å². The number of carbonyl (C=O) groups is 1. The van der Waals surface area contributed by atoms with Crippen LogP contribution in [0.25, 0.3) is 0 Å². The van der Waals surface area contributed by atoms with E-state index < -0.39 is 5.41 Å². The summed E-state index contributed by atoms with van der Waals surface area (Å²) in [5, 5.41) is 3.58. The summed E-state index contributed by atoms with van der Waals surface area (Å²) in [6, 6.07) is 8.35. The van der Waals surface area contributed by atoms with E-state index in [0.29, 0.717) is 6.54 Å². The van der Waals surface area contributed by atoms with E-state index in [0.717, 1.165) is 22.6 Å². The summed E-state index contributed by atoms with van der Waals surface area (Å²) in [7, 11) is 2.08. The molecule has 1 unspecified atom stereocenters. The Bertz CT molecular complexity index is 816. The maximum Gasteiger partial charge on any atom is 0.237 e. The quantitative estimate of drug-likeness (QED) is 0.922. The Hall–Kier alpha value is -2.56. The molecule has 2 aliphatic rings. The lowest BCUT2D eigenvalue weighted by atomic mass is 9.86. The smallest absolute Gasteiger partial charge is 0.237 e. The van der Waals surface area contributed by atoms with Crippen LogP contribution in [0.5, 0.6) is 0 Å². The van der Waals surface area contributed by atoms with E-state index in [1.54, 1.807) is 0 Å². The highest BCUT2D eigenvalue weighted by Crippen LogP contribution is 2.49. The molecule has 1 N–H and O–H groups in total. The number of anilines is 3. The third-order valence-electron chi connectivity index (χ3n) is 5.26. The molecule has 0 saturated heterocycles. The lowest BCUT2D eigenvalue weighted by Gasteiger charge is -2.23. The Morgan fingerprint density at radius 2 is 1.92 bits per heavy atom. The summed E-state index contributed by atoms with van der Waals surface area (Å²) in [6.45, 7) is 6.74. The van der Waals surface area contributed by atoms with Gasteiger partial charge in [-0.05, 0) is 56.2 Å². The summed E-state index contributed by atoms with van der Waals surface area (Å²) in [5.41, 5.74) is 5.04. The predicted octanol–water partition coefficient (Wildman–Crippen LogP) is 3.29. The first-order valence-corrected chi connectivity index (χ1v) is 8.35. The van der Waals surface area contributed by atoms with Crippen molar-refractivity contribution >= 4 is 23.0 Å². The molecule has 1 atom stereocenters. The Balaban J connectivity index is 1.80. The maximum atomic E-state index is 12.7. The van der Waals surface area contributed by atoms with E-state index in [2.05, 4.69) is 34.4 Å². The topological polar surface area (TPSA) is 48.5 Å². The number of nitrogens with zero attached hydrogens (tertiary/aromatic N) is 3. The second-order valence-electron chi connectivity index (χ2n) is 7.00. The van der Waals surface area contributed by atoms with Crippen molar-refractivity contribution in [3.05, 3.63) is 47.8 Å². The standard InChI is InChI=1S/C19H22N4O/c1-5-23-15-11-16-14(10-13(15)19(2,3)18(23)24)21-17(22(16)4)12-6-8-20-9-7-12/h6-11,17,21H,5H2,1-4H3. The molecule has 3 heterocycles. The molecule has 5 nitrogen and oxygen atoms in total. The first kappa shape index (κ1) is 15.0. The molecule has 5 heteroatoms. The molecular weight excluding hydrogens is 300 g/mol. The average molecular weight is 322 g/mol. The van der Waals surface area contributed by atoms with Gasteiger partial charge in [-0.3, -0.25) is 9.78 Å². The molecular formula is C19H22N4O. The van der Waals surface area contributed by atoms with Gasteiger partial charge in [0.25, 0.3) is 0 Å². The number of pyridine rings is 1. The van der Waals surface area contributed by atoms with E-state index in [4.69, 9.17) is 0 Å². The fourth-order valence-electron chi connectivity index (χ4n) is 3.82. The summed E-state index contributed by atoms with van der Waals surface area (Å²) in [4.78, 5) is 20.9. The van der Waals surface area contributed by atoms with Crippen molar-refractivity contribution in [2.45, 2.75) is 32.4 Å². The second kappa shape index (κ2) is 4.97. The molecule has 2 aliphatic heterocycles. The number of amides is 1. The van der Waals surface area contributed by atoms with Crippen LogP contribution in [0.2, 0.25) is 0 Å². The minimum atomic E-state index is -0.477. The van der Waals surface area contributed by atoms with Gasteiger partial charge < -0.3 is 15.1 Å². The highest BCUT2D eigenvalue weighted by Gasteiger charge is 2.44. The number of rotatable bonds is 2. The van der Waals surface area contributed by atoms with Crippen LogP contribution in [-0.2, 0) is 10.2 Å². The Labute approximate surface area is 142 Å². The highest BCUT2D eigenvalue weighted by molar-refractivity contribution is 6.09. The summed E-state index contributed by atoms with van der Waals surface area (Å²) >= 11 is 0. The molecule has 4 rings (SSSR count). The molecule has 0 aliphatic carbocycles. The van der Waals surface area contributed by atoms with Gasteiger partial charge in [-0.15, -0.1) is 0 Å². The largest absolute Gasteiger partial charge is 0.360 e. The van der Waals surface area contributed by atoms with Crippen LogP contribution in [0.4, 0.5) is 17.1 Å². The molecule has 1 aromatic carbocycles. The van der Waals surface area contributed by atoms with Crippen LogP contribution in [-0.4, -0.2) is 24.5 Å². The number of hydrogen-bond acceptors (Lipinski definition) is 4. The number of carbonyl (C=O) groups excluding carboxylic acids is 1. The van der Waals surface area contributed by atoms with Gasteiger partial charge in [0, 0.05) is 26.0 Å². The fourth-order valence-corrected chi connectivity index (χ4v) is 3.82. The van der Waals surface area contributed by atoms with Crippen LogP contribution in [0.1, 0.15) is 38.1 Å². The van der Waals surface area contributed by atoms with Gasteiger partial charge in [-0.1, -0.05) is 0 Å². The summed E-state index contributed by atoms with van der Waals surface area (Å²) < 4.78 is 0. The van der Waals surface area contributed by atoms with Crippen molar-refractivity contribution in [2.24, 2.45) is 0 Å². The lowest BCUT2D eigenvalue weighted by molar-refractivity contribution is -0.122. The monoisotopic (exact) mass is 322 g/mol. The molecule has 2 aromatic rings. The molecule has 0 fully saturated rings. The molecule has 0 saturated carbocycles. The minimum absolute atomic E-state index is 0.0828. The van der Waals surface area contributed by atoms with Crippen LogP contribution in [0.3, 0.4) is 0 Å². The number of benzene rings is 1. The van der Waals surface area contributed by atoms with Crippen LogP contribution in [0, 0.1) is 0 Å². The van der Waals surface area contributed by atoms with Crippen molar-refractivity contribution in [1.29, 1.82) is 0 Å². The normalized spacial score (nSPS) is 20.8. The maximum absolute atomic E-state index is 12.7. The van der Waals surface area contributed by atoms with Crippen molar-refractivity contribution in [1.82, 2.24) is 4.98 Å². The zero-order valence-corrected chi connectivity index (χ0v) is 14.5. The molecule has 0 spiro atoms. The fraction of sp³-hybridized carbons (Fsp3) is 0.368. The van der Waals surface area contributed by atoms with Gasteiger partial charge in [0.1, 0.15) is 6.17 Å². The van der Waals surface area contributed by atoms with Gasteiger partial charge >= 0.3 is 0 Å². The van der Waals surface area contributed by atoms with Crippen LogP contribution in [0.15, 0.2) is 36.7 Å². The summed E-state index contributed by atoms with van der Waals surface area (Å²) in [6.07, 6.45) is 3.71. The van der Waals surface area contributed by atoms with Crippen molar-refractivity contribution in [3.8, 4) is 0 Å². The predicted molar refractivity (Wildman–Crippen MR) is 96.5 cm³/mol. The van der Waals surface area contributed by atoms with Gasteiger partial charge in [-0.2, -0.15) is 0 Å². The van der Waals surface area contributed by atoms with E-state index in [1.807, 2.05) is 50.2 Å². The van der Waals surface area contributed by atoms with Crippen LogP contribution >= 0.6 is 0 Å². The Kier molecular flexibility index (Phi) is 3.10. The number of fused-ring (bicyclic) bond motifs is 2. The highest BCUT2D eigenvalue weighted by atomic mass is 16.2. The van der Waals surface area contributed by atoms with E-state index in [-0.39, 0.29) is 12.1 Å². The number of hydrogen-bond donors (Lipinski definition) is 1. The van der Waals surface area contributed by atoms with Gasteiger partial charge in [0.05, 0.1) is 22.5 Å². The van der Waals surface area contributed by atoms with E-state index >= 15 is 0 Å². The summed E-state index contributed by atoms with van der Waals surface area (Å²) in [5.74, 6) is 0.178. The van der Waals surface area contributed by atoms with Crippen molar-refractivity contribution in [3.63, 3.8) is 0 Å². The van der Waals surface area contributed by atoms with Crippen LogP contribution < -0.4 is 15.1 Å².